The van der Waals surface area contributed by atoms with Gasteiger partial charge in [0.15, 0.2) is 0 Å². The van der Waals surface area contributed by atoms with Crippen LogP contribution in [0.15, 0.2) is 249 Å². The number of rotatable bonds is 8. The Kier molecular flexibility index (Phi) is 9.26. The Bertz CT molecular complexity index is 3320. The molecule has 0 atom stereocenters. The fourth-order valence-electron chi connectivity index (χ4n) is 9.10. The number of anilines is 3. The van der Waals surface area contributed by atoms with E-state index in [1.165, 1.54) is 88.0 Å². The third-order valence-electron chi connectivity index (χ3n) is 12.0. The van der Waals surface area contributed by atoms with Gasteiger partial charge in [0.1, 0.15) is 0 Å². The van der Waals surface area contributed by atoms with Gasteiger partial charge in [0.05, 0.1) is 0 Å². The highest BCUT2D eigenvalue weighted by molar-refractivity contribution is 6.08. The van der Waals surface area contributed by atoms with E-state index in [4.69, 9.17) is 0 Å². The van der Waals surface area contributed by atoms with Crippen molar-refractivity contribution in [3.63, 3.8) is 0 Å². The van der Waals surface area contributed by atoms with E-state index in [0.717, 1.165) is 17.1 Å². The maximum atomic E-state index is 2.40. The summed E-state index contributed by atoms with van der Waals surface area (Å²) in [4.78, 5) is 2.40. The van der Waals surface area contributed by atoms with Gasteiger partial charge in [-0.05, 0) is 130 Å². The molecular weight excluding hydrogens is 735 g/mol. The summed E-state index contributed by atoms with van der Waals surface area (Å²) in [5.41, 5.74) is 15.4. The van der Waals surface area contributed by atoms with Crippen LogP contribution in [0.25, 0.3) is 88.0 Å². The van der Waals surface area contributed by atoms with Gasteiger partial charge in [-0.1, -0.05) is 206 Å². The van der Waals surface area contributed by atoms with Gasteiger partial charge in [0.2, 0.25) is 0 Å². The minimum absolute atomic E-state index is 1.09. The highest BCUT2D eigenvalue weighted by Gasteiger charge is 2.18. The van der Waals surface area contributed by atoms with Crippen molar-refractivity contribution in [2.45, 2.75) is 0 Å². The van der Waals surface area contributed by atoms with Crippen LogP contribution in [0, 0.1) is 0 Å². The molecule has 11 rings (SSSR count). The van der Waals surface area contributed by atoms with E-state index >= 15 is 0 Å². The maximum absolute atomic E-state index is 2.40. The third kappa shape index (κ3) is 6.83. The molecule has 0 aliphatic rings. The lowest BCUT2D eigenvalue weighted by atomic mass is 9.90. The molecule has 286 valence electrons. The van der Waals surface area contributed by atoms with Crippen molar-refractivity contribution in [2.24, 2.45) is 0 Å². The second-order valence-corrected chi connectivity index (χ2v) is 15.7. The van der Waals surface area contributed by atoms with Gasteiger partial charge in [0, 0.05) is 17.1 Å². The highest BCUT2D eigenvalue weighted by Crippen LogP contribution is 2.43. The first kappa shape index (κ1) is 36.1. The minimum Gasteiger partial charge on any atom is -0.310 e. The first-order chi connectivity index (χ1) is 30.2. The van der Waals surface area contributed by atoms with Crippen LogP contribution in [0.4, 0.5) is 17.1 Å². The highest BCUT2D eigenvalue weighted by atomic mass is 15.1. The first-order valence-electron chi connectivity index (χ1n) is 21.0. The van der Waals surface area contributed by atoms with E-state index in [2.05, 4.69) is 254 Å². The zero-order valence-corrected chi connectivity index (χ0v) is 33.6. The summed E-state index contributed by atoms with van der Waals surface area (Å²) in [5, 5.41) is 7.43. The average Bonchev–Trinajstić information content (AvgIpc) is 3.34. The SMILES string of the molecule is c1ccc(-c2ccc(N(c3ccc(-c4cccc(-c5cccc6cccc(-c7ccccc7)c56)c4)cc3)c3cc(-c4cccc5ccccc45)c4ccccc4c3)cc2)cc1. The lowest BCUT2D eigenvalue weighted by Crippen LogP contribution is -2.10. The first-order valence-corrected chi connectivity index (χ1v) is 21.0. The average molecular weight is 776 g/mol. The Morgan fingerprint density at radius 1 is 0.213 bits per heavy atom. The third-order valence-corrected chi connectivity index (χ3v) is 12.0. The number of fused-ring (bicyclic) bond motifs is 3. The number of hydrogen-bond acceptors (Lipinski definition) is 1. The summed E-state index contributed by atoms with van der Waals surface area (Å²) in [6.45, 7) is 0. The lowest BCUT2D eigenvalue weighted by molar-refractivity contribution is 1.29. The molecule has 0 radical (unpaired) electrons. The summed E-state index contributed by atoms with van der Waals surface area (Å²) in [6, 6.07) is 90.4. The molecule has 0 amide bonds. The molecule has 1 nitrogen and oxygen atoms in total. The standard InChI is InChI=1S/C60H41N/c1-3-15-42(16-4-1)43-31-35-51(36-32-43)61(53-40-50-20-8-10-27-55(50)59(41-53)58-30-12-21-45-19-7-9-26-54(45)58)52-37-33-44(34-38-52)48-24-11-25-49(39-48)57-29-14-23-47-22-13-28-56(60(47)57)46-17-5-2-6-18-46/h1-41H. The molecule has 0 saturated carbocycles. The van der Waals surface area contributed by atoms with Crippen molar-refractivity contribution >= 4 is 49.4 Å². The van der Waals surface area contributed by atoms with E-state index in [1.54, 1.807) is 0 Å². The number of benzene rings is 11. The molecule has 11 aromatic carbocycles. The van der Waals surface area contributed by atoms with E-state index in [-0.39, 0.29) is 0 Å². The molecule has 0 aromatic heterocycles. The van der Waals surface area contributed by atoms with E-state index < -0.39 is 0 Å². The molecule has 0 aliphatic heterocycles. The summed E-state index contributed by atoms with van der Waals surface area (Å²) in [6.07, 6.45) is 0. The van der Waals surface area contributed by atoms with Gasteiger partial charge in [-0.3, -0.25) is 0 Å². The molecule has 0 bridgehead atoms. The maximum Gasteiger partial charge on any atom is 0.0474 e. The molecule has 0 unspecified atom stereocenters. The second kappa shape index (κ2) is 15.6. The summed E-state index contributed by atoms with van der Waals surface area (Å²) >= 11 is 0. The molecule has 1 heteroatoms. The predicted molar refractivity (Wildman–Crippen MR) is 261 cm³/mol. The van der Waals surface area contributed by atoms with E-state index in [1.807, 2.05) is 0 Å². The minimum atomic E-state index is 1.09. The van der Waals surface area contributed by atoms with Crippen LogP contribution in [0.1, 0.15) is 0 Å². The van der Waals surface area contributed by atoms with Crippen molar-refractivity contribution in [2.75, 3.05) is 4.90 Å². The zero-order valence-electron chi connectivity index (χ0n) is 33.6. The molecule has 0 saturated heterocycles. The van der Waals surface area contributed by atoms with Crippen molar-refractivity contribution in [3.05, 3.63) is 249 Å². The zero-order chi connectivity index (χ0) is 40.5. The molecule has 61 heavy (non-hydrogen) atoms. The monoisotopic (exact) mass is 775 g/mol. The Balaban J connectivity index is 1.03. The summed E-state index contributed by atoms with van der Waals surface area (Å²) in [7, 11) is 0. The predicted octanol–water partition coefficient (Wildman–Crippen LogP) is 17.0. The van der Waals surface area contributed by atoms with Crippen LogP contribution in [0.3, 0.4) is 0 Å². The number of hydrogen-bond donors (Lipinski definition) is 0. The van der Waals surface area contributed by atoms with Gasteiger partial charge < -0.3 is 4.90 Å². The van der Waals surface area contributed by atoms with Crippen LogP contribution < -0.4 is 4.90 Å². The van der Waals surface area contributed by atoms with Crippen molar-refractivity contribution in [1.29, 1.82) is 0 Å². The fraction of sp³-hybridized carbons (Fsp3) is 0. The van der Waals surface area contributed by atoms with Crippen LogP contribution >= 0.6 is 0 Å². The van der Waals surface area contributed by atoms with Crippen LogP contribution in [0.2, 0.25) is 0 Å². The lowest BCUT2D eigenvalue weighted by Gasteiger charge is -2.27. The Labute approximate surface area is 357 Å². The van der Waals surface area contributed by atoms with Gasteiger partial charge >= 0.3 is 0 Å². The van der Waals surface area contributed by atoms with E-state index in [9.17, 15) is 0 Å². The Morgan fingerprint density at radius 3 is 1.33 bits per heavy atom. The number of nitrogens with zero attached hydrogens (tertiary/aromatic N) is 1. The molecule has 0 N–H and O–H groups in total. The van der Waals surface area contributed by atoms with Crippen LogP contribution in [0.5, 0.6) is 0 Å². The largest absolute Gasteiger partial charge is 0.310 e. The van der Waals surface area contributed by atoms with Gasteiger partial charge in [0.25, 0.3) is 0 Å². The van der Waals surface area contributed by atoms with Gasteiger partial charge in [-0.25, -0.2) is 0 Å². The normalized spacial score (nSPS) is 11.3. The van der Waals surface area contributed by atoms with E-state index in [0.29, 0.717) is 0 Å². The summed E-state index contributed by atoms with van der Waals surface area (Å²) < 4.78 is 0. The van der Waals surface area contributed by atoms with Crippen molar-refractivity contribution in [1.82, 2.24) is 0 Å². The molecular formula is C60H41N. The van der Waals surface area contributed by atoms with Crippen LogP contribution in [-0.4, -0.2) is 0 Å². The van der Waals surface area contributed by atoms with Gasteiger partial charge in [-0.15, -0.1) is 0 Å². The summed E-state index contributed by atoms with van der Waals surface area (Å²) in [5.74, 6) is 0. The Hall–Kier alpha value is -8.00. The fourth-order valence-corrected chi connectivity index (χ4v) is 9.10. The molecule has 0 fully saturated rings. The second-order valence-electron chi connectivity index (χ2n) is 15.7. The van der Waals surface area contributed by atoms with Crippen molar-refractivity contribution in [3.8, 4) is 55.6 Å². The Morgan fingerprint density at radius 2 is 0.656 bits per heavy atom. The molecule has 11 aromatic rings. The molecule has 0 aliphatic carbocycles. The van der Waals surface area contributed by atoms with Crippen molar-refractivity contribution < 1.29 is 0 Å². The topological polar surface area (TPSA) is 3.24 Å². The molecule has 0 spiro atoms. The van der Waals surface area contributed by atoms with Gasteiger partial charge in [-0.2, -0.15) is 0 Å². The smallest absolute Gasteiger partial charge is 0.0474 e. The molecule has 0 heterocycles. The van der Waals surface area contributed by atoms with Crippen LogP contribution in [-0.2, 0) is 0 Å². The quantitative estimate of drug-likeness (QED) is 0.149.